The van der Waals surface area contributed by atoms with E-state index in [1.54, 1.807) is 13.8 Å². The fourth-order valence-electron chi connectivity index (χ4n) is 1.05. The average molecular weight is 305 g/mol. The molecule has 102 valence electrons. The van der Waals surface area contributed by atoms with Gasteiger partial charge in [0.2, 0.25) is 0 Å². The quantitative estimate of drug-likeness (QED) is 0.443. The fraction of sp³-hybridized carbons (Fsp3) is 0.800. The van der Waals surface area contributed by atoms with E-state index in [-0.39, 0.29) is 23.5 Å². The molecular formula is C10H19Cl2O4P. The molecule has 0 aliphatic heterocycles. The van der Waals surface area contributed by atoms with Crippen molar-refractivity contribution < 1.29 is 18.1 Å². The van der Waals surface area contributed by atoms with Crippen LogP contribution in [0.5, 0.6) is 0 Å². The lowest BCUT2D eigenvalue weighted by Crippen LogP contribution is -2.01. The third-order valence-electron chi connectivity index (χ3n) is 1.76. The van der Waals surface area contributed by atoms with Crippen LogP contribution in [0.3, 0.4) is 0 Å². The molecule has 0 unspecified atom stereocenters. The first-order valence-electron chi connectivity index (χ1n) is 5.61. The van der Waals surface area contributed by atoms with Gasteiger partial charge in [-0.1, -0.05) is 36.5 Å². The van der Waals surface area contributed by atoms with Gasteiger partial charge >= 0.3 is 7.82 Å². The summed E-state index contributed by atoms with van der Waals surface area (Å²) in [6, 6.07) is 0. The lowest BCUT2D eigenvalue weighted by Gasteiger charge is -2.19. The summed E-state index contributed by atoms with van der Waals surface area (Å²) in [5, 5.41) is 0. The first-order valence-corrected chi connectivity index (χ1v) is 7.83. The molecule has 17 heavy (non-hydrogen) atoms. The molecule has 0 aromatic carbocycles. The minimum atomic E-state index is -3.60. The van der Waals surface area contributed by atoms with E-state index in [0.29, 0.717) is 6.42 Å². The van der Waals surface area contributed by atoms with E-state index in [2.05, 4.69) is 0 Å². The number of halogens is 2. The highest BCUT2D eigenvalue weighted by molar-refractivity contribution is 7.48. The molecule has 0 bridgehead atoms. The molecule has 0 saturated carbocycles. The molecule has 0 heterocycles. The molecule has 0 amide bonds. The van der Waals surface area contributed by atoms with E-state index in [1.165, 1.54) is 0 Å². The van der Waals surface area contributed by atoms with Crippen LogP contribution in [0.25, 0.3) is 0 Å². The first-order chi connectivity index (χ1) is 7.99. The van der Waals surface area contributed by atoms with Gasteiger partial charge in [-0.15, -0.1) is 0 Å². The van der Waals surface area contributed by atoms with Gasteiger partial charge in [-0.2, -0.15) is 0 Å². The molecule has 0 fully saturated rings. The van der Waals surface area contributed by atoms with Gasteiger partial charge in [-0.05, 0) is 20.3 Å². The molecule has 0 rings (SSSR count). The molecule has 7 heteroatoms. The second-order valence-electron chi connectivity index (χ2n) is 3.16. The fourth-order valence-corrected chi connectivity index (χ4v) is 2.69. The standard InChI is InChI=1S/C10H19Cl2O4P/c1-4-7-8-9(10(11)12)16-17(13,14-5-2)15-6-3/h4-8H2,1-3H3. The van der Waals surface area contributed by atoms with Crippen molar-refractivity contribution in [2.24, 2.45) is 0 Å². The molecule has 0 aromatic rings. The van der Waals surface area contributed by atoms with Gasteiger partial charge in [-0.3, -0.25) is 9.05 Å². The third-order valence-corrected chi connectivity index (χ3v) is 3.78. The smallest absolute Gasteiger partial charge is 0.406 e. The van der Waals surface area contributed by atoms with E-state index in [4.69, 9.17) is 36.8 Å². The summed E-state index contributed by atoms with van der Waals surface area (Å²) >= 11 is 11.3. The molecule has 0 N–H and O–H groups in total. The van der Waals surface area contributed by atoms with Crippen molar-refractivity contribution in [1.29, 1.82) is 0 Å². The Kier molecular flexibility index (Phi) is 9.38. The van der Waals surface area contributed by atoms with Crippen LogP contribution in [0.15, 0.2) is 10.3 Å². The zero-order valence-corrected chi connectivity index (χ0v) is 12.8. The Morgan fingerprint density at radius 3 is 2.00 bits per heavy atom. The van der Waals surface area contributed by atoms with Gasteiger partial charge in [0, 0.05) is 6.42 Å². The number of allylic oxidation sites excluding steroid dienone is 1. The minimum absolute atomic E-state index is 0.0434. The van der Waals surface area contributed by atoms with Crippen molar-refractivity contribution in [1.82, 2.24) is 0 Å². The Labute approximate surface area is 113 Å². The average Bonchev–Trinajstić information content (AvgIpc) is 2.24. The molecule has 0 spiro atoms. The largest absolute Gasteiger partial charge is 0.529 e. The van der Waals surface area contributed by atoms with Crippen LogP contribution in [0.1, 0.15) is 40.0 Å². The maximum absolute atomic E-state index is 12.1. The van der Waals surface area contributed by atoms with E-state index >= 15 is 0 Å². The number of phosphoric acid groups is 1. The molecule has 4 nitrogen and oxygen atoms in total. The van der Waals surface area contributed by atoms with Gasteiger partial charge in [0.25, 0.3) is 0 Å². The van der Waals surface area contributed by atoms with Crippen LogP contribution in [-0.4, -0.2) is 13.2 Å². The normalized spacial score (nSPS) is 11.4. The van der Waals surface area contributed by atoms with Crippen molar-refractivity contribution in [3.8, 4) is 0 Å². The number of phosphoric ester groups is 1. The molecule has 0 aliphatic carbocycles. The van der Waals surface area contributed by atoms with Crippen molar-refractivity contribution in [2.75, 3.05) is 13.2 Å². The molecule has 0 aromatic heterocycles. The summed E-state index contributed by atoms with van der Waals surface area (Å²) < 4.78 is 27.2. The molecule has 0 radical (unpaired) electrons. The second kappa shape index (κ2) is 9.23. The Balaban J connectivity index is 4.69. The molecule has 0 saturated heterocycles. The summed E-state index contributed by atoms with van der Waals surface area (Å²) in [6.07, 6.45) is 2.28. The molecular weight excluding hydrogens is 286 g/mol. The second-order valence-corrected chi connectivity index (χ2v) is 5.70. The van der Waals surface area contributed by atoms with Crippen molar-refractivity contribution in [2.45, 2.75) is 40.0 Å². The topological polar surface area (TPSA) is 44.8 Å². The highest BCUT2D eigenvalue weighted by Gasteiger charge is 2.29. The van der Waals surface area contributed by atoms with Crippen LogP contribution in [0.2, 0.25) is 0 Å². The Bertz CT molecular complexity index is 280. The number of hydrogen-bond acceptors (Lipinski definition) is 4. The van der Waals surface area contributed by atoms with Crippen molar-refractivity contribution in [3.05, 3.63) is 10.3 Å². The highest BCUT2D eigenvalue weighted by Crippen LogP contribution is 2.52. The summed E-state index contributed by atoms with van der Waals surface area (Å²) in [7, 11) is -3.60. The summed E-state index contributed by atoms with van der Waals surface area (Å²) in [6.45, 7) is 5.86. The maximum atomic E-state index is 12.1. The number of unbranched alkanes of at least 4 members (excludes halogenated alkanes) is 1. The molecule has 0 aliphatic rings. The Morgan fingerprint density at radius 2 is 1.65 bits per heavy atom. The zero-order chi connectivity index (χ0) is 13.3. The van der Waals surface area contributed by atoms with Gasteiger partial charge in [0.1, 0.15) is 10.3 Å². The zero-order valence-electron chi connectivity index (χ0n) is 10.4. The monoisotopic (exact) mass is 304 g/mol. The van der Waals surface area contributed by atoms with Crippen LogP contribution in [-0.2, 0) is 18.1 Å². The summed E-state index contributed by atoms with van der Waals surface area (Å²) in [5.74, 6) is 0.250. The third kappa shape index (κ3) is 7.32. The maximum Gasteiger partial charge on any atom is 0.529 e. The Hall–Kier alpha value is 0.270. The number of rotatable bonds is 9. The van der Waals surface area contributed by atoms with E-state index < -0.39 is 7.82 Å². The predicted octanol–water partition coefficient (Wildman–Crippen LogP) is 5.02. The SMILES string of the molecule is CCCCC(OP(=O)(OCC)OCC)=C(Cl)Cl. The van der Waals surface area contributed by atoms with Gasteiger partial charge in [0.15, 0.2) is 0 Å². The van der Waals surface area contributed by atoms with E-state index in [0.717, 1.165) is 12.8 Å². The lowest BCUT2D eigenvalue weighted by molar-refractivity contribution is 0.143. The summed E-state index contributed by atoms with van der Waals surface area (Å²) in [4.78, 5) is 0. The van der Waals surface area contributed by atoms with Crippen molar-refractivity contribution >= 4 is 31.0 Å². The van der Waals surface area contributed by atoms with Crippen molar-refractivity contribution in [3.63, 3.8) is 0 Å². The van der Waals surface area contributed by atoms with E-state index in [9.17, 15) is 4.57 Å². The minimum Gasteiger partial charge on any atom is -0.406 e. The van der Waals surface area contributed by atoms with Crippen LogP contribution in [0.4, 0.5) is 0 Å². The lowest BCUT2D eigenvalue weighted by atomic mass is 10.2. The first kappa shape index (κ1) is 17.3. The van der Waals surface area contributed by atoms with Gasteiger partial charge < -0.3 is 4.52 Å². The number of hydrogen-bond donors (Lipinski definition) is 0. The van der Waals surface area contributed by atoms with Crippen LogP contribution in [0, 0.1) is 0 Å². The Morgan fingerprint density at radius 1 is 1.12 bits per heavy atom. The van der Waals surface area contributed by atoms with Crippen LogP contribution >= 0.6 is 31.0 Å². The highest BCUT2D eigenvalue weighted by atomic mass is 35.5. The molecule has 0 atom stereocenters. The summed E-state index contributed by atoms with van der Waals surface area (Å²) in [5.41, 5.74) is 0. The van der Waals surface area contributed by atoms with E-state index in [1.807, 2.05) is 6.92 Å². The van der Waals surface area contributed by atoms with Gasteiger partial charge in [0.05, 0.1) is 13.2 Å². The van der Waals surface area contributed by atoms with Crippen LogP contribution < -0.4 is 0 Å². The van der Waals surface area contributed by atoms with Gasteiger partial charge in [-0.25, -0.2) is 4.57 Å². The predicted molar refractivity (Wildman–Crippen MR) is 70.2 cm³/mol.